The Morgan fingerprint density at radius 1 is 1.38 bits per heavy atom. The molecule has 1 heterocycles. The van der Waals surface area contributed by atoms with Crippen molar-refractivity contribution in [2.75, 3.05) is 5.32 Å². The lowest BCUT2D eigenvalue weighted by Gasteiger charge is -2.08. The van der Waals surface area contributed by atoms with Crippen LogP contribution in [0.4, 0.5) is 5.69 Å². The van der Waals surface area contributed by atoms with Gasteiger partial charge in [-0.25, -0.2) is 0 Å². The average molecular weight is 433 g/mol. The van der Waals surface area contributed by atoms with Gasteiger partial charge in [0.25, 0.3) is 5.91 Å². The summed E-state index contributed by atoms with van der Waals surface area (Å²) in [5.41, 5.74) is 3.93. The van der Waals surface area contributed by atoms with Crippen LogP contribution in [0.5, 0.6) is 0 Å². The van der Waals surface area contributed by atoms with E-state index in [-0.39, 0.29) is 11.5 Å². The van der Waals surface area contributed by atoms with Crippen LogP contribution in [-0.4, -0.2) is 10.5 Å². The van der Waals surface area contributed by atoms with E-state index in [1.807, 2.05) is 50.2 Å². The van der Waals surface area contributed by atoms with Crippen LogP contribution in [0.3, 0.4) is 0 Å². The van der Waals surface area contributed by atoms with Gasteiger partial charge in [-0.05, 0) is 72.7 Å². The zero-order chi connectivity index (χ0) is 17.7. The van der Waals surface area contributed by atoms with Gasteiger partial charge in [0.1, 0.15) is 11.6 Å². The van der Waals surface area contributed by atoms with E-state index in [0.29, 0.717) is 5.69 Å². The first-order chi connectivity index (χ1) is 11.5. The second-order valence-corrected chi connectivity index (χ2v) is 6.74. The minimum absolute atomic E-state index is 0.103. The summed E-state index contributed by atoms with van der Waals surface area (Å²) >= 11 is 2.15. The van der Waals surface area contributed by atoms with Gasteiger partial charge in [-0.15, -0.1) is 0 Å². The van der Waals surface area contributed by atoms with E-state index in [4.69, 9.17) is 0 Å². The molecule has 0 atom stereocenters. The van der Waals surface area contributed by atoms with Crippen LogP contribution in [0.1, 0.15) is 30.3 Å². The van der Waals surface area contributed by atoms with E-state index in [1.54, 1.807) is 6.08 Å². The molecule has 1 aromatic carbocycles. The Morgan fingerprint density at radius 3 is 2.71 bits per heavy atom. The van der Waals surface area contributed by atoms with E-state index in [2.05, 4.69) is 39.4 Å². The number of amides is 1. The number of aromatic nitrogens is 1. The second kappa shape index (κ2) is 8.15. The number of carbonyl (C=O) groups excluding carboxylic acids is 1. The lowest BCUT2D eigenvalue weighted by atomic mass is 10.1. The standard InChI is InChI=1S/C19H20IN3O/c1-4-9-23-13(2)10-15(14(23)3)11-16(12-21)19(24)22-18-8-6-5-7-17(18)20/h5-8,10-11H,4,9H2,1-3H3,(H,22,24)/b16-11+. The van der Waals surface area contributed by atoms with Crippen LogP contribution < -0.4 is 5.32 Å². The largest absolute Gasteiger partial charge is 0.349 e. The molecule has 5 heteroatoms. The normalized spacial score (nSPS) is 11.2. The highest BCUT2D eigenvalue weighted by atomic mass is 127. The molecular formula is C19H20IN3O. The molecule has 0 unspecified atom stereocenters. The SMILES string of the molecule is CCCn1c(C)cc(/C=C(\C#N)C(=O)Nc2ccccc2I)c1C. The molecule has 0 aliphatic heterocycles. The van der Waals surface area contributed by atoms with Gasteiger partial charge in [0.05, 0.1) is 5.69 Å². The molecule has 4 nitrogen and oxygen atoms in total. The third kappa shape index (κ3) is 4.06. The second-order valence-electron chi connectivity index (χ2n) is 5.58. The quantitative estimate of drug-likeness (QED) is 0.424. The summed E-state index contributed by atoms with van der Waals surface area (Å²) in [4.78, 5) is 12.4. The number of nitrogens with zero attached hydrogens (tertiary/aromatic N) is 2. The van der Waals surface area contributed by atoms with Gasteiger partial charge in [0.2, 0.25) is 0 Å². The van der Waals surface area contributed by atoms with Crippen molar-refractivity contribution in [3.05, 3.63) is 56.4 Å². The molecule has 1 N–H and O–H groups in total. The summed E-state index contributed by atoms with van der Waals surface area (Å²) < 4.78 is 3.14. The van der Waals surface area contributed by atoms with Crippen molar-refractivity contribution in [1.82, 2.24) is 4.57 Å². The van der Waals surface area contributed by atoms with Crippen LogP contribution in [0.15, 0.2) is 35.9 Å². The van der Waals surface area contributed by atoms with Crippen molar-refractivity contribution in [3.8, 4) is 6.07 Å². The Hall–Kier alpha value is -2.07. The molecule has 0 aliphatic rings. The highest BCUT2D eigenvalue weighted by Crippen LogP contribution is 2.21. The molecule has 2 rings (SSSR count). The summed E-state index contributed by atoms with van der Waals surface area (Å²) in [6.07, 6.45) is 2.71. The van der Waals surface area contributed by atoms with Gasteiger partial charge in [0.15, 0.2) is 0 Å². The molecule has 0 bridgehead atoms. The molecular weight excluding hydrogens is 413 g/mol. The first-order valence-corrected chi connectivity index (χ1v) is 8.90. The molecule has 0 saturated carbocycles. The number of halogens is 1. The maximum atomic E-state index is 12.4. The summed E-state index contributed by atoms with van der Waals surface area (Å²) in [5.74, 6) is -0.387. The van der Waals surface area contributed by atoms with Crippen LogP contribution in [0.25, 0.3) is 6.08 Å². The Morgan fingerprint density at radius 2 is 2.08 bits per heavy atom. The molecule has 24 heavy (non-hydrogen) atoms. The number of aryl methyl sites for hydroxylation is 1. The first kappa shape index (κ1) is 18.3. The Bertz CT molecular complexity index is 828. The summed E-state index contributed by atoms with van der Waals surface area (Å²) in [7, 11) is 0. The minimum Gasteiger partial charge on any atom is -0.349 e. The van der Waals surface area contributed by atoms with Gasteiger partial charge >= 0.3 is 0 Å². The van der Waals surface area contributed by atoms with Crippen molar-refractivity contribution in [3.63, 3.8) is 0 Å². The summed E-state index contributed by atoms with van der Waals surface area (Å²) in [6, 6.07) is 11.5. The van der Waals surface area contributed by atoms with Crippen molar-refractivity contribution >= 4 is 40.3 Å². The molecule has 1 amide bonds. The fourth-order valence-electron chi connectivity index (χ4n) is 2.60. The van der Waals surface area contributed by atoms with E-state index in [0.717, 1.165) is 33.5 Å². The predicted octanol–water partition coefficient (Wildman–Crippen LogP) is 4.67. The van der Waals surface area contributed by atoms with Crippen molar-refractivity contribution in [1.29, 1.82) is 5.26 Å². The van der Waals surface area contributed by atoms with Gasteiger partial charge in [-0.1, -0.05) is 19.1 Å². The maximum absolute atomic E-state index is 12.4. The third-order valence-corrected chi connectivity index (χ3v) is 4.79. The van der Waals surface area contributed by atoms with Crippen molar-refractivity contribution in [2.24, 2.45) is 0 Å². The Labute approximate surface area is 156 Å². The zero-order valence-electron chi connectivity index (χ0n) is 14.1. The smallest absolute Gasteiger partial charge is 0.266 e. The van der Waals surface area contributed by atoms with Gasteiger partial charge < -0.3 is 9.88 Å². The Balaban J connectivity index is 2.30. The fraction of sp³-hybridized carbons (Fsp3) is 0.263. The minimum atomic E-state index is -0.387. The number of hydrogen-bond acceptors (Lipinski definition) is 2. The molecule has 0 fully saturated rings. The molecule has 124 valence electrons. The van der Waals surface area contributed by atoms with E-state index in [1.165, 1.54) is 0 Å². The first-order valence-electron chi connectivity index (χ1n) is 7.82. The molecule has 1 aromatic heterocycles. The van der Waals surface area contributed by atoms with E-state index < -0.39 is 0 Å². The molecule has 0 saturated heterocycles. The number of rotatable bonds is 5. The number of anilines is 1. The lowest BCUT2D eigenvalue weighted by molar-refractivity contribution is -0.112. The summed E-state index contributed by atoms with van der Waals surface area (Å²) in [6.45, 7) is 7.12. The number of carbonyl (C=O) groups is 1. The lowest BCUT2D eigenvalue weighted by Crippen LogP contribution is -2.14. The Kier molecular flexibility index (Phi) is 6.21. The maximum Gasteiger partial charge on any atom is 0.266 e. The van der Waals surface area contributed by atoms with Crippen LogP contribution >= 0.6 is 22.6 Å². The monoisotopic (exact) mass is 433 g/mol. The number of nitrogens with one attached hydrogen (secondary N) is 1. The number of para-hydroxylation sites is 1. The van der Waals surface area contributed by atoms with E-state index in [9.17, 15) is 10.1 Å². The van der Waals surface area contributed by atoms with Crippen molar-refractivity contribution in [2.45, 2.75) is 33.7 Å². The molecule has 0 aliphatic carbocycles. The van der Waals surface area contributed by atoms with Gasteiger partial charge in [0, 0.05) is 21.5 Å². The molecule has 0 radical (unpaired) electrons. The zero-order valence-corrected chi connectivity index (χ0v) is 16.2. The average Bonchev–Trinajstić information content (AvgIpc) is 2.82. The number of benzene rings is 1. The van der Waals surface area contributed by atoms with Crippen LogP contribution in [0, 0.1) is 28.7 Å². The van der Waals surface area contributed by atoms with E-state index >= 15 is 0 Å². The number of nitriles is 1. The van der Waals surface area contributed by atoms with Crippen LogP contribution in [-0.2, 0) is 11.3 Å². The van der Waals surface area contributed by atoms with Gasteiger partial charge in [-0.2, -0.15) is 5.26 Å². The topological polar surface area (TPSA) is 57.8 Å². The predicted molar refractivity (Wildman–Crippen MR) is 106 cm³/mol. The van der Waals surface area contributed by atoms with Crippen LogP contribution in [0.2, 0.25) is 0 Å². The molecule has 2 aromatic rings. The number of hydrogen-bond donors (Lipinski definition) is 1. The third-order valence-electron chi connectivity index (χ3n) is 3.85. The summed E-state index contributed by atoms with van der Waals surface area (Å²) in [5, 5.41) is 12.2. The van der Waals surface area contributed by atoms with Gasteiger partial charge in [-0.3, -0.25) is 4.79 Å². The highest BCUT2D eigenvalue weighted by Gasteiger charge is 2.13. The fourth-order valence-corrected chi connectivity index (χ4v) is 3.12. The van der Waals surface area contributed by atoms with Crippen molar-refractivity contribution < 1.29 is 4.79 Å². The molecule has 0 spiro atoms. The highest BCUT2D eigenvalue weighted by molar-refractivity contribution is 14.1.